The molecule has 1 amide bonds. The summed E-state index contributed by atoms with van der Waals surface area (Å²) in [5.74, 6) is -1.42. The van der Waals surface area contributed by atoms with Crippen LogP contribution < -0.4 is 5.32 Å². The van der Waals surface area contributed by atoms with Crippen LogP contribution in [0.5, 0.6) is 0 Å². The molecule has 1 fully saturated rings. The fourth-order valence-corrected chi connectivity index (χ4v) is 2.18. The van der Waals surface area contributed by atoms with E-state index in [4.69, 9.17) is 28.3 Å². The van der Waals surface area contributed by atoms with E-state index >= 15 is 0 Å². The zero-order chi connectivity index (χ0) is 14.7. The number of benzene rings is 1. The van der Waals surface area contributed by atoms with Gasteiger partial charge in [0.25, 0.3) is 0 Å². The monoisotopic (exact) mass is 313 g/mol. The number of carbonyl (C=O) groups is 2. The highest BCUT2D eigenvalue weighted by Gasteiger charge is 2.36. The molecule has 0 aliphatic heterocycles. The third-order valence-corrected chi connectivity index (χ3v) is 3.61. The van der Waals surface area contributed by atoms with Gasteiger partial charge in [0.15, 0.2) is 0 Å². The zero-order valence-electron chi connectivity index (χ0n) is 10.5. The van der Waals surface area contributed by atoms with Crippen molar-refractivity contribution in [1.29, 1.82) is 0 Å². The lowest BCUT2D eigenvalue weighted by Gasteiger charge is -2.11. The fraction of sp³-hybridized carbons (Fsp3) is 0.286. The van der Waals surface area contributed by atoms with Crippen molar-refractivity contribution in [3.05, 3.63) is 39.9 Å². The van der Waals surface area contributed by atoms with Crippen molar-refractivity contribution >= 4 is 41.2 Å². The Balaban J connectivity index is 2.01. The molecule has 1 aliphatic carbocycles. The maximum Gasteiger partial charge on any atom is 0.326 e. The third kappa shape index (κ3) is 3.99. The lowest BCUT2D eigenvalue weighted by Crippen LogP contribution is -2.41. The first-order chi connectivity index (χ1) is 9.47. The van der Waals surface area contributed by atoms with Gasteiger partial charge in [-0.25, -0.2) is 4.79 Å². The van der Waals surface area contributed by atoms with Crippen molar-refractivity contribution in [2.24, 2.45) is 5.92 Å². The minimum atomic E-state index is -1.00. The van der Waals surface area contributed by atoms with Gasteiger partial charge in [-0.05, 0) is 48.6 Å². The standard InChI is InChI=1S/C14H13Cl2NO3/c15-10-4-5-11(16)9(7-10)3-6-12(18)17-13(14(19)20)8-1-2-8/h3-8,13H,1-2H2,(H,17,18)(H,19,20). The summed E-state index contributed by atoms with van der Waals surface area (Å²) in [6, 6.07) is 4.09. The van der Waals surface area contributed by atoms with Crippen LogP contribution in [0, 0.1) is 5.92 Å². The van der Waals surface area contributed by atoms with Crippen molar-refractivity contribution in [2.45, 2.75) is 18.9 Å². The number of hydrogen-bond donors (Lipinski definition) is 2. The average Bonchev–Trinajstić information content (AvgIpc) is 3.21. The Morgan fingerprint density at radius 3 is 2.65 bits per heavy atom. The molecular weight excluding hydrogens is 301 g/mol. The van der Waals surface area contributed by atoms with Crippen LogP contribution in [0.25, 0.3) is 6.08 Å². The molecule has 1 saturated carbocycles. The molecule has 1 aromatic carbocycles. The van der Waals surface area contributed by atoms with Crippen LogP contribution in [0.2, 0.25) is 10.0 Å². The first-order valence-corrected chi connectivity index (χ1v) is 6.89. The first-order valence-electron chi connectivity index (χ1n) is 6.14. The van der Waals surface area contributed by atoms with Gasteiger partial charge in [0.1, 0.15) is 6.04 Å². The number of amides is 1. The van der Waals surface area contributed by atoms with Gasteiger partial charge in [-0.15, -0.1) is 0 Å². The number of nitrogens with one attached hydrogen (secondary N) is 1. The highest BCUT2D eigenvalue weighted by Crippen LogP contribution is 2.32. The highest BCUT2D eigenvalue weighted by molar-refractivity contribution is 6.34. The second-order valence-corrected chi connectivity index (χ2v) is 5.50. The van der Waals surface area contributed by atoms with Crippen LogP contribution in [0.4, 0.5) is 0 Å². The Kier molecular flexibility index (Phi) is 4.68. The number of hydrogen-bond acceptors (Lipinski definition) is 2. The molecule has 1 atom stereocenters. The molecule has 0 radical (unpaired) electrons. The van der Waals surface area contributed by atoms with Gasteiger partial charge in [0.2, 0.25) is 5.91 Å². The molecule has 1 aromatic rings. The van der Waals surface area contributed by atoms with Crippen molar-refractivity contribution < 1.29 is 14.7 Å². The van der Waals surface area contributed by atoms with Crippen molar-refractivity contribution in [3.8, 4) is 0 Å². The summed E-state index contributed by atoms with van der Waals surface area (Å²) in [5.41, 5.74) is 0.604. The summed E-state index contributed by atoms with van der Waals surface area (Å²) in [6.45, 7) is 0. The Morgan fingerprint density at radius 1 is 1.35 bits per heavy atom. The summed E-state index contributed by atoms with van der Waals surface area (Å²) < 4.78 is 0. The third-order valence-electron chi connectivity index (χ3n) is 3.03. The molecule has 20 heavy (non-hydrogen) atoms. The van der Waals surface area contributed by atoms with Gasteiger partial charge in [0, 0.05) is 16.1 Å². The molecule has 1 unspecified atom stereocenters. The van der Waals surface area contributed by atoms with Gasteiger partial charge in [0.05, 0.1) is 0 Å². The molecule has 1 aliphatic rings. The molecule has 6 heteroatoms. The van der Waals surface area contributed by atoms with Crippen LogP contribution in [0.15, 0.2) is 24.3 Å². The maximum absolute atomic E-state index is 11.7. The number of aliphatic carboxylic acids is 1. The van der Waals surface area contributed by atoms with Crippen LogP contribution in [-0.4, -0.2) is 23.0 Å². The van der Waals surface area contributed by atoms with E-state index in [0.29, 0.717) is 15.6 Å². The van der Waals surface area contributed by atoms with E-state index in [9.17, 15) is 9.59 Å². The number of carbonyl (C=O) groups excluding carboxylic acids is 1. The largest absolute Gasteiger partial charge is 0.480 e. The summed E-state index contributed by atoms with van der Waals surface area (Å²) in [5, 5.41) is 12.5. The quantitative estimate of drug-likeness (QED) is 0.821. The number of halogens is 2. The normalized spacial score (nSPS) is 16.1. The zero-order valence-corrected chi connectivity index (χ0v) is 12.0. The molecule has 0 saturated heterocycles. The number of rotatable bonds is 5. The predicted molar refractivity (Wildman–Crippen MR) is 77.8 cm³/mol. The molecule has 0 aromatic heterocycles. The molecule has 0 bridgehead atoms. The lowest BCUT2D eigenvalue weighted by molar-refractivity contribution is -0.141. The predicted octanol–water partition coefficient (Wildman–Crippen LogP) is 2.99. The van der Waals surface area contributed by atoms with Crippen LogP contribution in [0.1, 0.15) is 18.4 Å². The van der Waals surface area contributed by atoms with Gasteiger partial charge < -0.3 is 10.4 Å². The topological polar surface area (TPSA) is 66.4 Å². The smallest absolute Gasteiger partial charge is 0.326 e. The van der Waals surface area contributed by atoms with E-state index in [1.807, 2.05) is 0 Å². The molecule has 4 nitrogen and oxygen atoms in total. The summed E-state index contributed by atoms with van der Waals surface area (Å²) in [4.78, 5) is 22.7. The van der Waals surface area contributed by atoms with E-state index in [1.54, 1.807) is 18.2 Å². The molecule has 0 spiro atoms. The summed E-state index contributed by atoms with van der Waals surface area (Å²) in [6.07, 6.45) is 4.44. The molecule has 2 rings (SSSR count). The van der Waals surface area contributed by atoms with E-state index in [-0.39, 0.29) is 5.92 Å². The fourth-order valence-electron chi connectivity index (χ4n) is 1.82. The minimum Gasteiger partial charge on any atom is -0.480 e. The number of carboxylic acids is 1. The van der Waals surface area contributed by atoms with Crippen LogP contribution in [0.3, 0.4) is 0 Å². The van der Waals surface area contributed by atoms with E-state index in [0.717, 1.165) is 12.8 Å². The highest BCUT2D eigenvalue weighted by atomic mass is 35.5. The summed E-state index contributed by atoms with van der Waals surface area (Å²) in [7, 11) is 0. The molecule has 0 heterocycles. The van der Waals surface area contributed by atoms with Gasteiger partial charge in [-0.2, -0.15) is 0 Å². The number of carboxylic acid groups (broad SMARTS) is 1. The van der Waals surface area contributed by atoms with Gasteiger partial charge in [-0.1, -0.05) is 23.2 Å². The Hall–Kier alpha value is -1.52. The van der Waals surface area contributed by atoms with Crippen molar-refractivity contribution in [1.82, 2.24) is 5.32 Å². The molecule has 106 valence electrons. The Labute approximate surface area is 126 Å². The van der Waals surface area contributed by atoms with Gasteiger partial charge in [-0.3, -0.25) is 4.79 Å². The van der Waals surface area contributed by atoms with Crippen LogP contribution in [-0.2, 0) is 9.59 Å². The van der Waals surface area contributed by atoms with E-state index < -0.39 is 17.9 Å². The minimum absolute atomic E-state index is 0.0413. The van der Waals surface area contributed by atoms with Crippen molar-refractivity contribution in [3.63, 3.8) is 0 Å². The summed E-state index contributed by atoms with van der Waals surface area (Å²) >= 11 is 11.8. The molecule has 2 N–H and O–H groups in total. The Bertz CT molecular complexity index is 568. The SMILES string of the molecule is O=C(C=Cc1cc(Cl)ccc1Cl)NC(C(=O)O)C1CC1. The first kappa shape index (κ1) is 14.9. The lowest BCUT2D eigenvalue weighted by atomic mass is 10.1. The average molecular weight is 314 g/mol. The Morgan fingerprint density at radius 2 is 2.05 bits per heavy atom. The van der Waals surface area contributed by atoms with Crippen LogP contribution >= 0.6 is 23.2 Å². The second kappa shape index (κ2) is 6.29. The second-order valence-electron chi connectivity index (χ2n) is 4.66. The van der Waals surface area contributed by atoms with E-state index in [1.165, 1.54) is 12.2 Å². The van der Waals surface area contributed by atoms with E-state index in [2.05, 4.69) is 5.32 Å². The van der Waals surface area contributed by atoms with Crippen molar-refractivity contribution in [2.75, 3.05) is 0 Å². The molecular formula is C14H13Cl2NO3. The van der Waals surface area contributed by atoms with Gasteiger partial charge >= 0.3 is 5.97 Å². The maximum atomic E-state index is 11.7.